The second-order valence-corrected chi connectivity index (χ2v) is 5.36. The molecule has 3 heterocycles. The Hall–Kier alpha value is -3.48. The first-order valence-electron chi connectivity index (χ1n) is 7.69. The number of aromatic nitrogens is 4. The van der Waals surface area contributed by atoms with Crippen molar-refractivity contribution >= 4 is 0 Å². The molecule has 0 saturated carbocycles. The Balaban J connectivity index is 1.53. The lowest BCUT2D eigenvalue weighted by molar-refractivity contribution is 0.270. The van der Waals surface area contributed by atoms with Crippen LogP contribution in [0.1, 0.15) is 11.3 Å². The van der Waals surface area contributed by atoms with Crippen LogP contribution in [0.5, 0.6) is 5.75 Å². The molecule has 124 valence electrons. The summed E-state index contributed by atoms with van der Waals surface area (Å²) in [6, 6.07) is 15.0. The Morgan fingerprint density at radius 2 is 1.96 bits per heavy atom. The van der Waals surface area contributed by atoms with Crippen LogP contribution < -0.4 is 4.74 Å². The first kappa shape index (κ1) is 15.1. The van der Waals surface area contributed by atoms with Crippen molar-refractivity contribution in [1.29, 1.82) is 0 Å². The zero-order valence-corrected chi connectivity index (χ0v) is 13.4. The first-order chi connectivity index (χ1) is 12.3. The maximum Gasteiger partial charge on any atom is 0.294 e. The van der Waals surface area contributed by atoms with Crippen molar-refractivity contribution in [3.8, 4) is 28.9 Å². The van der Waals surface area contributed by atoms with Gasteiger partial charge in [-0.05, 0) is 37.3 Å². The lowest BCUT2D eigenvalue weighted by atomic mass is 10.2. The van der Waals surface area contributed by atoms with E-state index in [4.69, 9.17) is 13.7 Å². The molecule has 0 unspecified atom stereocenters. The van der Waals surface area contributed by atoms with Gasteiger partial charge < -0.3 is 13.7 Å². The summed E-state index contributed by atoms with van der Waals surface area (Å²) in [5.41, 5.74) is 1.43. The summed E-state index contributed by atoms with van der Waals surface area (Å²) in [7, 11) is 0. The fraction of sp³-hybridized carbons (Fsp3) is 0.111. The second-order valence-electron chi connectivity index (χ2n) is 5.36. The highest BCUT2D eigenvalue weighted by Gasteiger charge is 2.18. The van der Waals surface area contributed by atoms with Crippen molar-refractivity contribution in [1.82, 2.24) is 20.3 Å². The Labute approximate surface area is 143 Å². The van der Waals surface area contributed by atoms with Gasteiger partial charge in [0.2, 0.25) is 5.82 Å². The van der Waals surface area contributed by atoms with Crippen LogP contribution in [0.4, 0.5) is 0 Å². The number of furan rings is 1. The highest BCUT2D eigenvalue weighted by atomic mass is 16.5. The summed E-state index contributed by atoms with van der Waals surface area (Å²) < 4.78 is 16.8. The molecule has 25 heavy (non-hydrogen) atoms. The first-order valence-corrected chi connectivity index (χ1v) is 7.69. The predicted molar refractivity (Wildman–Crippen MR) is 88.5 cm³/mol. The summed E-state index contributed by atoms with van der Waals surface area (Å²) in [4.78, 5) is 4.33. The Kier molecular flexibility index (Phi) is 3.96. The normalized spacial score (nSPS) is 10.8. The van der Waals surface area contributed by atoms with E-state index in [2.05, 4.69) is 20.3 Å². The molecular weight excluding hydrogens is 320 g/mol. The molecule has 0 aliphatic rings. The van der Waals surface area contributed by atoms with Crippen LogP contribution in [-0.2, 0) is 6.61 Å². The van der Waals surface area contributed by atoms with Gasteiger partial charge in [0, 0.05) is 11.8 Å². The Bertz CT molecular complexity index is 964. The van der Waals surface area contributed by atoms with Crippen LogP contribution in [0.25, 0.3) is 23.2 Å². The molecule has 0 aliphatic carbocycles. The predicted octanol–water partition coefficient (Wildman–Crippen LogP) is 3.67. The van der Waals surface area contributed by atoms with Crippen molar-refractivity contribution in [2.45, 2.75) is 13.5 Å². The zero-order valence-electron chi connectivity index (χ0n) is 13.4. The zero-order chi connectivity index (χ0) is 17.1. The van der Waals surface area contributed by atoms with Gasteiger partial charge >= 0.3 is 0 Å². The highest BCUT2D eigenvalue weighted by molar-refractivity contribution is 5.55. The molecule has 0 aliphatic heterocycles. The SMILES string of the molecule is Cc1cc(COc2ccccc2)oc1-c1nc(-c2cccnn2)no1. The lowest BCUT2D eigenvalue weighted by Crippen LogP contribution is -1.92. The standard InChI is InChI=1S/C18H14N4O3/c1-12-10-14(11-23-13-6-3-2-4-7-13)24-16(12)18-20-17(22-25-18)15-8-5-9-19-21-15/h2-10H,11H2,1H3. The summed E-state index contributed by atoms with van der Waals surface area (Å²) in [5, 5.41) is 11.7. The minimum absolute atomic E-state index is 0.295. The van der Waals surface area contributed by atoms with E-state index in [-0.39, 0.29) is 0 Å². The van der Waals surface area contributed by atoms with E-state index >= 15 is 0 Å². The van der Waals surface area contributed by atoms with E-state index in [1.165, 1.54) is 0 Å². The van der Waals surface area contributed by atoms with Crippen molar-refractivity contribution < 1.29 is 13.7 Å². The lowest BCUT2D eigenvalue weighted by Gasteiger charge is -2.02. The third kappa shape index (κ3) is 3.25. The van der Waals surface area contributed by atoms with Gasteiger partial charge in [-0.25, -0.2) is 0 Å². The quantitative estimate of drug-likeness (QED) is 0.550. The van der Waals surface area contributed by atoms with Gasteiger partial charge in [-0.1, -0.05) is 23.4 Å². The second kappa shape index (κ2) is 6.56. The number of benzene rings is 1. The summed E-state index contributed by atoms with van der Waals surface area (Å²) in [6.07, 6.45) is 1.58. The molecule has 4 aromatic rings. The van der Waals surface area contributed by atoms with Gasteiger partial charge in [-0.3, -0.25) is 0 Å². The molecule has 4 rings (SSSR count). The molecule has 1 aromatic carbocycles. The van der Waals surface area contributed by atoms with Gasteiger partial charge in [0.25, 0.3) is 5.89 Å². The number of hydrogen-bond donors (Lipinski definition) is 0. The maximum absolute atomic E-state index is 5.81. The van der Waals surface area contributed by atoms with E-state index in [0.717, 1.165) is 11.3 Å². The van der Waals surface area contributed by atoms with Crippen molar-refractivity contribution in [3.05, 3.63) is 66.1 Å². The number of rotatable bonds is 5. The van der Waals surface area contributed by atoms with Crippen LogP contribution in [0.15, 0.2) is 63.7 Å². The molecule has 0 radical (unpaired) electrons. The summed E-state index contributed by atoms with van der Waals surface area (Å²) in [6.45, 7) is 2.23. The fourth-order valence-electron chi connectivity index (χ4n) is 2.34. The van der Waals surface area contributed by atoms with Crippen LogP contribution in [0.2, 0.25) is 0 Å². The molecule has 0 saturated heterocycles. The van der Waals surface area contributed by atoms with E-state index in [0.29, 0.717) is 35.5 Å². The summed E-state index contributed by atoms with van der Waals surface area (Å²) >= 11 is 0. The maximum atomic E-state index is 5.81. The van der Waals surface area contributed by atoms with Crippen LogP contribution in [-0.4, -0.2) is 20.3 Å². The minimum Gasteiger partial charge on any atom is -0.486 e. The molecular formula is C18H14N4O3. The monoisotopic (exact) mass is 334 g/mol. The molecule has 0 amide bonds. The van der Waals surface area contributed by atoms with Crippen molar-refractivity contribution in [2.24, 2.45) is 0 Å². The van der Waals surface area contributed by atoms with Crippen molar-refractivity contribution in [3.63, 3.8) is 0 Å². The number of nitrogens with zero attached hydrogens (tertiary/aromatic N) is 4. The molecule has 0 spiro atoms. The largest absolute Gasteiger partial charge is 0.486 e. The minimum atomic E-state index is 0.295. The van der Waals surface area contributed by atoms with Crippen molar-refractivity contribution in [2.75, 3.05) is 0 Å². The van der Waals surface area contributed by atoms with Gasteiger partial charge in [-0.2, -0.15) is 10.1 Å². The van der Waals surface area contributed by atoms with E-state index < -0.39 is 0 Å². The van der Waals surface area contributed by atoms with Crippen LogP contribution in [0.3, 0.4) is 0 Å². The molecule has 7 heteroatoms. The smallest absolute Gasteiger partial charge is 0.294 e. The fourth-order valence-corrected chi connectivity index (χ4v) is 2.34. The number of aryl methyl sites for hydroxylation is 1. The third-order valence-corrected chi connectivity index (χ3v) is 3.51. The molecule has 7 nitrogen and oxygen atoms in total. The van der Waals surface area contributed by atoms with E-state index in [1.54, 1.807) is 18.3 Å². The number of para-hydroxylation sites is 1. The Morgan fingerprint density at radius 1 is 1.08 bits per heavy atom. The van der Waals surface area contributed by atoms with Gasteiger partial charge in [0.05, 0.1) is 0 Å². The summed E-state index contributed by atoms with van der Waals surface area (Å²) in [5.74, 6) is 2.64. The molecule has 3 aromatic heterocycles. The average molecular weight is 334 g/mol. The topological polar surface area (TPSA) is 87.1 Å². The highest BCUT2D eigenvalue weighted by Crippen LogP contribution is 2.27. The molecule has 0 N–H and O–H groups in total. The van der Waals surface area contributed by atoms with E-state index in [9.17, 15) is 0 Å². The van der Waals surface area contributed by atoms with E-state index in [1.807, 2.05) is 43.3 Å². The number of hydrogen-bond acceptors (Lipinski definition) is 7. The third-order valence-electron chi connectivity index (χ3n) is 3.51. The average Bonchev–Trinajstić information content (AvgIpc) is 3.28. The molecule has 0 bridgehead atoms. The Morgan fingerprint density at radius 3 is 2.76 bits per heavy atom. The van der Waals surface area contributed by atoms with Crippen LogP contribution >= 0.6 is 0 Å². The molecule has 0 atom stereocenters. The van der Waals surface area contributed by atoms with Gasteiger partial charge in [-0.15, -0.1) is 5.10 Å². The number of ether oxygens (including phenoxy) is 1. The van der Waals surface area contributed by atoms with Crippen LogP contribution in [0, 0.1) is 6.92 Å². The van der Waals surface area contributed by atoms with Gasteiger partial charge in [0.15, 0.2) is 5.76 Å². The van der Waals surface area contributed by atoms with Gasteiger partial charge in [0.1, 0.15) is 23.8 Å². The molecule has 0 fully saturated rings.